The van der Waals surface area contributed by atoms with Gasteiger partial charge in [-0.05, 0) is 24.3 Å². The quantitative estimate of drug-likeness (QED) is 0.748. The van der Waals surface area contributed by atoms with Crippen LogP contribution in [0.5, 0.6) is 0 Å². The first-order valence-corrected chi connectivity index (χ1v) is 7.12. The summed E-state index contributed by atoms with van der Waals surface area (Å²) in [6.45, 7) is 0. The van der Waals surface area contributed by atoms with E-state index < -0.39 is 0 Å². The number of nitriles is 1. The Morgan fingerprint density at radius 2 is 2.10 bits per heavy atom. The van der Waals surface area contributed by atoms with Crippen LogP contribution in [0.2, 0.25) is 10.0 Å². The summed E-state index contributed by atoms with van der Waals surface area (Å²) >= 11 is 13.5. The lowest BCUT2D eigenvalue weighted by atomic mass is 10.3. The van der Waals surface area contributed by atoms with Crippen molar-refractivity contribution in [3.05, 3.63) is 46.1 Å². The highest BCUT2D eigenvalue weighted by Crippen LogP contribution is 2.32. The van der Waals surface area contributed by atoms with Gasteiger partial charge in [-0.15, -0.1) is 0 Å². The number of pyridine rings is 1. The minimum atomic E-state index is 0.285. The molecule has 1 N–H and O–H groups in total. The van der Waals surface area contributed by atoms with Crippen LogP contribution in [0.1, 0.15) is 5.56 Å². The molecule has 0 aliphatic heterocycles. The first-order chi connectivity index (χ1) is 9.67. The van der Waals surface area contributed by atoms with Crippen molar-refractivity contribution in [1.29, 1.82) is 5.26 Å². The number of nitrogens with zero attached hydrogens (tertiary/aromatic N) is 3. The number of hydrogen-bond donors (Lipinski definition) is 1. The number of halogens is 2. The zero-order chi connectivity index (χ0) is 14.1. The van der Waals surface area contributed by atoms with E-state index in [1.54, 1.807) is 12.1 Å². The molecule has 1 aromatic carbocycles. The lowest BCUT2D eigenvalue weighted by Crippen LogP contribution is -1.95. The molecule has 7 heteroatoms. The third kappa shape index (κ3) is 2.41. The first-order valence-electron chi connectivity index (χ1n) is 5.55. The van der Waals surface area contributed by atoms with E-state index in [-0.39, 0.29) is 5.02 Å². The van der Waals surface area contributed by atoms with Crippen molar-refractivity contribution in [2.45, 2.75) is 0 Å². The molecule has 98 valence electrons. The number of hydrogen-bond acceptors (Lipinski definition) is 5. The Hall–Kier alpha value is -1.87. The third-order valence-corrected chi connectivity index (χ3v) is 4.14. The normalized spacial score (nSPS) is 10.4. The molecule has 20 heavy (non-hydrogen) atoms. The van der Waals surface area contributed by atoms with Gasteiger partial charge in [-0.25, -0.2) is 9.97 Å². The van der Waals surface area contributed by atoms with E-state index in [0.717, 1.165) is 10.2 Å². The van der Waals surface area contributed by atoms with Crippen LogP contribution < -0.4 is 5.32 Å². The Bertz CT molecular complexity index is 838. The number of rotatable bonds is 2. The van der Waals surface area contributed by atoms with Gasteiger partial charge in [0.1, 0.15) is 11.1 Å². The number of nitrogens with one attached hydrogen (secondary N) is 1. The lowest BCUT2D eigenvalue weighted by molar-refractivity contribution is 1.28. The summed E-state index contributed by atoms with van der Waals surface area (Å²) in [5.41, 5.74) is 1.21. The van der Waals surface area contributed by atoms with Gasteiger partial charge in [0.15, 0.2) is 10.9 Å². The summed E-state index contributed by atoms with van der Waals surface area (Å²) < 4.78 is 0.965. The molecule has 3 aromatic rings. The molecule has 2 aromatic heterocycles. The average Bonchev–Trinajstić information content (AvgIpc) is 2.82. The average molecular weight is 321 g/mol. The van der Waals surface area contributed by atoms with Gasteiger partial charge in [0.2, 0.25) is 0 Å². The van der Waals surface area contributed by atoms with Crippen LogP contribution in [-0.4, -0.2) is 9.97 Å². The summed E-state index contributed by atoms with van der Waals surface area (Å²) in [5.74, 6) is 0.413. The van der Waals surface area contributed by atoms with E-state index in [2.05, 4.69) is 15.3 Å². The lowest BCUT2D eigenvalue weighted by Gasteiger charge is -2.04. The molecule has 0 spiro atoms. The number of fused-ring (bicyclic) bond motifs is 1. The molecule has 0 saturated heterocycles. The van der Waals surface area contributed by atoms with E-state index in [1.165, 1.54) is 17.5 Å². The Kier molecular flexibility index (Phi) is 3.45. The summed E-state index contributed by atoms with van der Waals surface area (Å²) in [7, 11) is 0. The fourth-order valence-electron chi connectivity index (χ4n) is 1.67. The van der Waals surface area contributed by atoms with Crippen molar-refractivity contribution in [2.24, 2.45) is 0 Å². The first kappa shape index (κ1) is 13.1. The predicted octanol–water partition coefficient (Wildman–Crippen LogP) is 4.61. The van der Waals surface area contributed by atoms with Gasteiger partial charge in [0.05, 0.1) is 15.8 Å². The van der Waals surface area contributed by atoms with Crippen LogP contribution in [0.15, 0.2) is 30.5 Å². The number of thiazole rings is 1. The van der Waals surface area contributed by atoms with Crippen molar-refractivity contribution in [3.8, 4) is 6.07 Å². The fraction of sp³-hybridized carbons (Fsp3) is 0. The third-order valence-electron chi connectivity index (χ3n) is 2.59. The minimum Gasteiger partial charge on any atom is -0.315 e. The second-order valence-electron chi connectivity index (χ2n) is 3.89. The van der Waals surface area contributed by atoms with Gasteiger partial charge in [0.25, 0.3) is 0 Å². The smallest absolute Gasteiger partial charge is 0.189 e. The molecule has 0 aliphatic carbocycles. The van der Waals surface area contributed by atoms with Crippen molar-refractivity contribution >= 4 is 55.7 Å². The van der Waals surface area contributed by atoms with Gasteiger partial charge in [-0.2, -0.15) is 5.26 Å². The summed E-state index contributed by atoms with van der Waals surface area (Å²) in [4.78, 5) is 8.53. The summed E-state index contributed by atoms with van der Waals surface area (Å²) in [6, 6.07) is 9.05. The minimum absolute atomic E-state index is 0.285. The van der Waals surface area contributed by atoms with E-state index in [0.29, 0.717) is 21.5 Å². The molecule has 3 rings (SSSR count). The zero-order valence-electron chi connectivity index (χ0n) is 9.89. The maximum Gasteiger partial charge on any atom is 0.189 e. The topological polar surface area (TPSA) is 61.6 Å². The van der Waals surface area contributed by atoms with Crippen molar-refractivity contribution in [2.75, 3.05) is 5.32 Å². The maximum atomic E-state index is 8.94. The van der Waals surface area contributed by atoms with E-state index in [9.17, 15) is 0 Å². The van der Waals surface area contributed by atoms with Crippen LogP contribution in [0.25, 0.3) is 10.2 Å². The fourth-order valence-corrected chi connectivity index (χ4v) is 3.01. The molecule has 4 nitrogen and oxygen atoms in total. The monoisotopic (exact) mass is 320 g/mol. The molecular formula is C13H6Cl2N4S. The van der Waals surface area contributed by atoms with Crippen molar-refractivity contribution in [3.63, 3.8) is 0 Å². The molecule has 0 atom stereocenters. The Balaban J connectivity index is 1.99. The Labute approximate surface area is 128 Å². The molecule has 0 unspecified atom stereocenters. The van der Waals surface area contributed by atoms with Crippen LogP contribution in [-0.2, 0) is 0 Å². The second kappa shape index (κ2) is 5.25. The van der Waals surface area contributed by atoms with Crippen LogP contribution in [0, 0.1) is 11.3 Å². The highest BCUT2D eigenvalue weighted by atomic mass is 35.5. The van der Waals surface area contributed by atoms with Gasteiger partial charge < -0.3 is 5.32 Å². The zero-order valence-corrected chi connectivity index (χ0v) is 12.2. The number of anilines is 2. The van der Waals surface area contributed by atoms with Crippen molar-refractivity contribution in [1.82, 2.24) is 9.97 Å². The molecule has 2 heterocycles. The SMILES string of the molecule is N#Cc1ccnc(Nc2nc3ccc(Cl)cc3s2)c1Cl. The van der Waals surface area contributed by atoms with E-state index in [4.69, 9.17) is 28.5 Å². The van der Waals surface area contributed by atoms with E-state index in [1.807, 2.05) is 18.2 Å². The molecular weight excluding hydrogens is 315 g/mol. The second-order valence-corrected chi connectivity index (χ2v) is 5.73. The Morgan fingerprint density at radius 1 is 1.25 bits per heavy atom. The maximum absolute atomic E-state index is 8.94. The highest BCUT2D eigenvalue weighted by molar-refractivity contribution is 7.22. The molecule has 0 radical (unpaired) electrons. The standard InChI is InChI=1S/C13H6Cl2N4S/c14-8-1-2-9-10(5-8)20-13(18-9)19-12-11(15)7(6-16)3-4-17-12/h1-5H,(H,17,18,19). The summed E-state index contributed by atoms with van der Waals surface area (Å²) in [5, 5.41) is 13.6. The van der Waals surface area contributed by atoms with Crippen LogP contribution >= 0.6 is 34.5 Å². The Morgan fingerprint density at radius 3 is 2.90 bits per heavy atom. The molecule has 0 bridgehead atoms. The van der Waals surface area contributed by atoms with Gasteiger partial charge in [-0.3, -0.25) is 0 Å². The predicted molar refractivity (Wildman–Crippen MR) is 81.9 cm³/mol. The molecule has 0 amide bonds. The number of aromatic nitrogens is 2. The van der Waals surface area contributed by atoms with Crippen molar-refractivity contribution < 1.29 is 0 Å². The molecule has 0 aliphatic rings. The van der Waals surface area contributed by atoms with Gasteiger partial charge >= 0.3 is 0 Å². The van der Waals surface area contributed by atoms with Gasteiger partial charge in [0, 0.05) is 11.2 Å². The number of benzene rings is 1. The van der Waals surface area contributed by atoms with Gasteiger partial charge in [-0.1, -0.05) is 34.5 Å². The van der Waals surface area contributed by atoms with E-state index >= 15 is 0 Å². The molecule has 0 fully saturated rings. The molecule has 0 saturated carbocycles. The summed E-state index contributed by atoms with van der Waals surface area (Å²) in [6.07, 6.45) is 1.52. The van der Waals surface area contributed by atoms with Crippen LogP contribution in [0.4, 0.5) is 10.9 Å². The highest BCUT2D eigenvalue weighted by Gasteiger charge is 2.10. The van der Waals surface area contributed by atoms with Crippen LogP contribution in [0.3, 0.4) is 0 Å². The largest absolute Gasteiger partial charge is 0.315 e.